The van der Waals surface area contributed by atoms with Crippen molar-refractivity contribution < 1.29 is 9.73 Å². The van der Waals surface area contributed by atoms with Gasteiger partial charge in [0.15, 0.2) is 0 Å². The van der Waals surface area contributed by atoms with Crippen LogP contribution in [0.15, 0.2) is 0 Å². The molecule has 0 spiro atoms. The molecular weight excluding hydrogens is 218 g/mol. The molecule has 0 aliphatic carbocycles. The molecule has 0 amide bonds. The van der Waals surface area contributed by atoms with Gasteiger partial charge in [0.2, 0.25) is 0 Å². The summed E-state index contributed by atoms with van der Waals surface area (Å²) < 4.78 is 4.79. The van der Waals surface area contributed by atoms with Crippen molar-refractivity contribution in [2.24, 2.45) is 5.73 Å². The lowest BCUT2D eigenvalue weighted by molar-refractivity contribution is -0.468. The van der Waals surface area contributed by atoms with Crippen LogP contribution < -0.4 is 26.7 Å². The van der Waals surface area contributed by atoms with Crippen molar-refractivity contribution in [3.8, 4) is 0 Å². The second-order valence-corrected chi connectivity index (χ2v) is 3.81. The molecule has 6 heteroatoms. The summed E-state index contributed by atoms with van der Waals surface area (Å²) in [5.74, 6) is 0. The molecule has 0 saturated carbocycles. The molecule has 0 rings (SSSR count). The van der Waals surface area contributed by atoms with Crippen LogP contribution in [0.5, 0.6) is 0 Å². The predicted molar refractivity (Wildman–Crippen MR) is 70.9 cm³/mol. The third kappa shape index (κ3) is 13.1. The maximum Gasteiger partial charge on any atom is 0.439 e. The van der Waals surface area contributed by atoms with Crippen LogP contribution >= 0.6 is 0 Å². The minimum absolute atomic E-state index is 0.385. The van der Waals surface area contributed by atoms with Gasteiger partial charge in [-0.3, -0.25) is 5.73 Å². The van der Waals surface area contributed by atoms with Crippen molar-refractivity contribution in [3.05, 3.63) is 0 Å². The van der Waals surface area contributed by atoms with Gasteiger partial charge in [0, 0.05) is 13.1 Å². The van der Waals surface area contributed by atoms with Crippen molar-refractivity contribution in [3.63, 3.8) is 0 Å². The monoisotopic (exact) mass is 246 g/mol. The number of nitrogens with one attached hydrogen (secondary N) is 4. The first-order chi connectivity index (χ1) is 8.31. The standard InChI is InChI=1S/C11H27N5O/c1-13-5-3-6-14-9-10-15-7-4-8-16-11(12)17-2/h13-15H,3-10H2,1-2H3,(H2,12,16)/p+1. The molecule has 0 aromatic rings. The zero-order chi connectivity index (χ0) is 12.8. The second kappa shape index (κ2) is 13.2. The van der Waals surface area contributed by atoms with Gasteiger partial charge in [-0.25, -0.2) is 4.99 Å². The molecule has 0 aliphatic heterocycles. The smallest absolute Gasteiger partial charge is 0.435 e. The molecule has 0 aromatic carbocycles. The van der Waals surface area contributed by atoms with E-state index in [1.165, 1.54) is 6.42 Å². The van der Waals surface area contributed by atoms with E-state index in [1.54, 1.807) is 7.11 Å². The van der Waals surface area contributed by atoms with Crippen molar-refractivity contribution in [2.45, 2.75) is 12.8 Å². The quantitative estimate of drug-likeness (QED) is 0.155. The Morgan fingerprint density at radius 3 is 2.29 bits per heavy atom. The summed E-state index contributed by atoms with van der Waals surface area (Å²) in [7, 11) is 3.53. The van der Waals surface area contributed by atoms with E-state index in [-0.39, 0.29) is 0 Å². The fraction of sp³-hybridized carbons (Fsp3) is 0.909. The van der Waals surface area contributed by atoms with Crippen molar-refractivity contribution in [1.82, 2.24) is 16.0 Å². The maximum atomic E-state index is 5.44. The van der Waals surface area contributed by atoms with Crippen molar-refractivity contribution in [1.29, 1.82) is 0 Å². The molecule has 0 atom stereocenters. The number of ether oxygens (including phenoxy) is 1. The molecule has 0 unspecified atom stereocenters. The van der Waals surface area contributed by atoms with Gasteiger partial charge < -0.3 is 20.7 Å². The minimum atomic E-state index is 0.385. The second-order valence-electron chi connectivity index (χ2n) is 3.81. The van der Waals surface area contributed by atoms with Gasteiger partial charge in [0.05, 0.1) is 13.7 Å². The predicted octanol–water partition coefficient (Wildman–Crippen LogP) is -2.79. The van der Waals surface area contributed by atoms with Crippen molar-refractivity contribution in [2.75, 3.05) is 53.4 Å². The van der Waals surface area contributed by atoms with Crippen LogP contribution in [0.3, 0.4) is 0 Å². The largest absolute Gasteiger partial charge is 0.439 e. The summed E-state index contributed by atoms with van der Waals surface area (Å²) in [6.45, 7) is 5.99. The zero-order valence-electron chi connectivity index (χ0n) is 11.1. The van der Waals surface area contributed by atoms with Crippen LogP contribution in [0.4, 0.5) is 0 Å². The number of hydrogen-bond acceptors (Lipinski definition) is 4. The van der Waals surface area contributed by atoms with E-state index < -0.39 is 0 Å². The summed E-state index contributed by atoms with van der Waals surface area (Å²) in [6.07, 6.45) is 2.20. The van der Waals surface area contributed by atoms with E-state index in [9.17, 15) is 0 Å². The molecule has 0 saturated heterocycles. The number of amidine groups is 1. The van der Waals surface area contributed by atoms with Gasteiger partial charge in [-0.05, 0) is 39.5 Å². The van der Waals surface area contributed by atoms with Crippen LogP contribution in [0.1, 0.15) is 12.8 Å². The number of rotatable bonds is 11. The van der Waals surface area contributed by atoms with Crippen LogP contribution in [-0.2, 0) is 4.74 Å². The molecule has 0 aromatic heterocycles. The van der Waals surface area contributed by atoms with Gasteiger partial charge in [0.25, 0.3) is 0 Å². The topological polar surface area (TPSA) is 85.3 Å². The van der Waals surface area contributed by atoms with E-state index in [1.807, 2.05) is 7.05 Å². The fourth-order valence-electron chi connectivity index (χ4n) is 1.31. The minimum Gasteiger partial charge on any atom is -0.435 e. The highest BCUT2D eigenvalue weighted by atomic mass is 16.5. The average Bonchev–Trinajstić information content (AvgIpc) is 2.35. The van der Waals surface area contributed by atoms with Crippen LogP contribution in [0, 0.1) is 0 Å². The summed E-state index contributed by atoms with van der Waals surface area (Å²) in [6, 6.07) is 0.385. The van der Waals surface area contributed by atoms with Gasteiger partial charge >= 0.3 is 6.02 Å². The van der Waals surface area contributed by atoms with Crippen LogP contribution in [-0.4, -0.2) is 59.4 Å². The number of methoxy groups -OCH3 is 1. The third-order valence-corrected chi connectivity index (χ3v) is 2.31. The molecule has 6 nitrogen and oxygen atoms in total. The molecule has 0 heterocycles. The lowest BCUT2D eigenvalue weighted by Crippen LogP contribution is -2.76. The van der Waals surface area contributed by atoms with Gasteiger partial charge in [-0.2, -0.15) is 0 Å². The third-order valence-electron chi connectivity index (χ3n) is 2.31. The van der Waals surface area contributed by atoms with E-state index in [2.05, 4.69) is 20.9 Å². The first-order valence-electron chi connectivity index (χ1n) is 6.27. The summed E-state index contributed by atoms with van der Waals surface area (Å²) >= 11 is 0. The maximum absolute atomic E-state index is 5.44. The molecular formula is C11H28N5O+. The van der Waals surface area contributed by atoms with E-state index in [0.717, 1.165) is 45.7 Å². The Bertz CT molecular complexity index is 187. The zero-order valence-corrected chi connectivity index (χ0v) is 11.1. The van der Waals surface area contributed by atoms with Crippen LogP contribution in [0.2, 0.25) is 0 Å². The van der Waals surface area contributed by atoms with E-state index in [4.69, 9.17) is 10.5 Å². The molecule has 0 aliphatic rings. The Hall–Kier alpha value is -0.850. The van der Waals surface area contributed by atoms with Gasteiger partial charge in [-0.1, -0.05) is 0 Å². The summed E-state index contributed by atoms with van der Waals surface area (Å²) in [5, 5.41) is 9.86. The molecule has 0 fully saturated rings. The Morgan fingerprint density at radius 2 is 1.71 bits per heavy atom. The number of hydrogen-bond donors (Lipinski definition) is 5. The highest BCUT2D eigenvalue weighted by Gasteiger charge is 1.93. The highest BCUT2D eigenvalue weighted by molar-refractivity contribution is 5.64. The average molecular weight is 246 g/mol. The van der Waals surface area contributed by atoms with E-state index >= 15 is 0 Å². The summed E-state index contributed by atoms with van der Waals surface area (Å²) in [5.41, 5.74) is 5.44. The Labute approximate surface area is 104 Å². The molecule has 102 valence electrons. The molecule has 0 bridgehead atoms. The lowest BCUT2D eigenvalue weighted by Gasteiger charge is -2.05. The molecule has 17 heavy (non-hydrogen) atoms. The van der Waals surface area contributed by atoms with E-state index in [0.29, 0.717) is 6.02 Å². The first-order valence-corrected chi connectivity index (χ1v) is 6.27. The normalized spacial score (nSPS) is 11.8. The molecule has 6 N–H and O–H groups in total. The van der Waals surface area contributed by atoms with Crippen molar-refractivity contribution >= 4 is 6.02 Å². The highest BCUT2D eigenvalue weighted by Crippen LogP contribution is 1.71. The SMILES string of the molecule is CNCCCNCCNCCC[NH+]=C(N)OC. The Morgan fingerprint density at radius 1 is 1.06 bits per heavy atom. The summed E-state index contributed by atoms with van der Waals surface area (Å²) in [4.78, 5) is 2.97. The van der Waals surface area contributed by atoms with Crippen LogP contribution in [0.25, 0.3) is 0 Å². The van der Waals surface area contributed by atoms with Gasteiger partial charge in [0.1, 0.15) is 0 Å². The Kier molecular flexibility index (Phi) is 12.6. The first kappa shape index (κ1) is 16.1. The lowest BCUT2D eigenvalue weighted by atomic mass is 10.4. The number of nitrogens with two attached hydrogens (primary N) is 1. The fourth-order valence-corrected chi connectivity index (χ4v) is 1.31. The van der Waals surface area contributed by atoms with Gasteiger partial charge in [-0.15, -0.1) is 0 Å². The Balaban J connectivity index is 3.04. The molecule has 0 radical (unpaired) electrons.